The zero-order valence-electron chi connectivity index (χ0n) is 23.3. The predicted molar refractivity (Wildman–Crippen MR) is 139 cm³/mol. The highest BCUT2D eigenvalue weighted by Gasteiger charge is 2.64. The smallest absolute Gasteiger partial charge is 0.302 e. The van der Waals surface area contributed by atoms with E-state index in [2.05, 4.69) is 47.7 Å². The summed E-state index contributed by atoms with van der Waals surface area (Å²) in [7, 11) is -1.81. The van der Waals surface area contributed by atoms with E-state index in [9.17, 15) is 9.59 Å². The van der Waals surface area contributed by atoms with Crippen LogP contribution in [0.5, 0.6) is 0 Å². The highest BCUT2D eigenvalue weighted by Crippen LogP contribution is 2.68. The molecule has 0 aliphatic heterocycles. The fourth-order valence-corrected chi connectivity index (χ4v) is 10.3. The molecule has 0 aromatic heterocycles. The summed E-state index contributed by atoms with van der Waals surface area (Å²) in [6.07, 6.45) is 9.17. The van der Waals surface area contributed by atoms with Gasteiger partial charge >= 0.3 is 5.97 Å². The van der Waals surface area contributed by atoms with Crippen molar-refractivity contribution in [1.82, 2.24) is 0 Å². The Labute approximate surface area is 209 Å². The maximum Gasteiger partial charge on any atom is 0.302 e. The van der Waals surface area contributed by atoms with Crippen molar-refractivity contribution in [2.75, 3.05) is 0 Å². The number of hydrogen-bond donors (Lipinski definition) is 0. The van der Waals surface area contributed by atoms with Crippen LogP contribution in [0.3, 0.4) is 0 Å². The van der Waals surface area contributed by atoms with Gasteiger partial charge in [-0.1, -0.05) is 34.6 Å². The van der Waals surface area contributed by atoms with Gasteiger partial charge < -0.3 is 9.16 Å². The third-order valence-corrected chi connectivity index (χ3v) is 16.2. The molecule has 4 rings (SSSR count). The summed E-state index contributed by atoms with van der Waals surface area (Å²) in [6.45, 7) is 20.0. The predicted octanol–water partition coefficient (Wildman–Crippen LogP) is 7.17. The van der Waals surface area contributed by atoms with Crippen molar-refractivity contribution in [3.63, 3.8) is 0 Å². The van der Waals surface area contributed by atoms with Crippen molar-refractivity contribution < 1.29 is 18.8 Å². The van der Waals surface area contributed by atoms with Gasteiger partial charge in [0, 0.05) is 24.9 Å². The topological polar surface area (TPSA) is 52.6 Å². The molecule has 4 nitrogen and oxygen atoms in total. The van der Waals surface area contributed by atoms with Crippen molar-refractivity contribution in [2.45, 2.75) is 130 Å². The molecule has 5 heteroatoms. The van der Waals surface area contributed by atoms with Crippen LogP contribution in [0.2, 0.25) is 18.1 Å². The number of fused-ring (bicyclic) bond motifs is 5. The fraction of sp³-hybridized carbons (Fsp3) is 0.931. The largest absolute Gasteiger partial charge is 0.462 e. The van der Waals surface area contributed by atoms with Crippen LogP contribution in [0.15, 0.2) is 0 Å². The number of hydrogen-bond acceptors (Lipinski definition) is 4. The molecular formula is C29H50O4Si. The Kier molecular flexibility index (Phi) is 6.76. The van der Waals surface area contributed by atoms with Crippen LogP contribution in [-0.2, 0) is 18.8 Å². The van der Waals surface area contributed by atoms with Gasteiger partial charge in [0.05, 0.1) is 0 Å². The number of carbonyl (C=O) groups excluding carboxylic acids is 2. The van der Waals surface area contributed by atoms with Crippen molar-refractivity contribution in [3.8, 4) is 0 Å². The van der Waals surface area contributed by atoms with Gasteiger partial charge in [0.1, 0.15) is 11.9 Å². The third-order valence-electron chi connectivity index (χ3n) is 11.7. The van der Waals surface area contributed by atoms with Gasteiger partial charge in [-0.05, 0) is 105 Å². The molecule has 34 heavy (non-hydrogen) atoms. The summed E-state index contributed by atoms with van der Waals surface area (Å²) in [5.74, 6) is 2.38. The van der Waals surface area contributed by atoms with Gasteiger partial charge in [-0.2, -0.15) is 0 Å². The second-order valence-electron chi connectivity index (χ2n) is 14.4. The minimum Gasteiger partial charge on any atom is -0.462 e. The number of ether oxygens (including phenoxy) is 1. The second-order valence-corrected chi connectivity index (χ2v) is 19.2. The third kappa shape index (κ3) is 4.25. The highest BCUT2D eigenvalue weighted by atomic mass is 28.4. The maximum atomic E-state index is 12.5. The number of ketones is 1. The Morgan fingerprint density at radius 3 is 2.09 bits per heavy atom. The number of Topliss-reactive ketones (excluding diaryl/α,β-unsaturated/α-hetero) is 1. The van der Waals surface area contributed by atoms with Crippen molar-refractivity contribution in [1.29, 1.82) is 0 Å². The Bertz CT molecular complexity index is 815. The van der Waals surface area contributed by atoms with Crippen molar-refractivity contribution in [3.05, 3.63) is 0 Å². The molecule has 0 N–H and O–H groups in total. The zero-order chi connectivity index (χ0) is 25.3. The molecule has 0 heterocycles. The average molecular weight is 491 g/mol. The first kappa shape index (κ1) is 26.4. The van der Waals surface area contributed by atoms with Gasteiger partial charge in [0.15, 0.2) is 8.32 Å². The molecular weight excluding hydrogens is 440 g/mol. The maximum absolute atomic E-state index is 12.5. The van der Waals surface area contributed by atoms with Crippen molar-refractivity contribution >= 4 is 20.1 Å². The molecule has 4 aliphatic rings. The number of carbonyl (C=O) groups is 2. The van der Waals surface area contributed by atoms with E-state index in [4.69, 9.17) is 9.16 Å². The molecule has 0 radical (unpaired) electrons. The standard InChI is InChI=1S/C29H50O4Si/c1-18(30)22-10-11-23-26-24(13-15-29(22,23)7)28(6)14-12-21(33-34(8,9)27(3,4)5)16-20(28)17-25(26)32-19(2)31/h20-26H,10-17H2,1-9H3/t20-,21-,22-,23?,24?,25-,26?,28+,29-/m1/s1. The molecule has 0 spiro atoms. The van der Waals surface area contributed by atoms with Crippen LogP contribution in [0.1, 0.15) is 99.8 Å². The first-order valence-electron chi connectivity index (χ1n) is 14.0. The van der Waals surface area contributed by atoms with Crippen LogP contribution in [0, 0.1) is 40.4 Å². The van der Waals surface area contributed by atoms with Crippen molar-refractivity contribution in [2.24, 2.45) is 40.4 Å². The quantitative estimate of drug-likeness (QED) is 0.310. The van der Waals surface area contributed by atoms with Crippen LogP contribution in [-0.4, -0.2) is 32.3 Å². The summed E-state index contributed by atoms with van der Waals surface area (Å²) < 4.78 is 13.0. The molecule has 0 amide bonds. The normalized spacial score (nSPS) is 44.6. The van der Waals surface area contributed by atoms with E-state index in [0.29, 0.717) is 35.6 Å². The Balaban J connectivity index is 1.61. The summed E-state index contributed by atoms with van der Waals surface area (Å²) in [4.78, 5) is 24.8. The summed E-state index contributed by atoms with van der Waals surface area (Å²) in [5.41, 5.74) is 0.349. The molecule has 4 fully saturated rings. The van der Waals surface area contributed by atoms with Gasteiger partial charge in [-0.25, -0.2) is 0 Å². The van der Waals surface area contributed by atoms with E-state index in [-0.39, 0.29) is 33.9 Å². The second kappa shape index (κ2) is 8.71. The van der Waals surface area contributed by atoms with Gasteiger partial charge in [0.25, 0.3) is 0 Å². The van der Waals surface area contributed by atoms with Crippen LogP contribution in [0.4, 0.5) is 0 Å². The summed E-state index contributed by atoms with van der Waals surface area (Å²) >= 11 is 0. The lowest BCUT2D eigenvalue weighted by molar-refractivity contribution is -0.193. The van der Waals surface area contributed by atoms with Crippen LogP contribution >= 0.6 is 0 Å². The average Bonchev–Trinajstić information content (AvgIpc) is 3.05. The molecule has 194 valence electrons. The monoisotopic (exact) mass is 490 g/mol. The first-order chi connectivity index (χ1) is 15.6. The summed E-state index contributed by atoms with van der Waals surface area (Å²) in [6, 6.07) is 0. The van der Waals surface area contributed by atoms with Gasteiger partial charge in [-0.15, -0.1) is 0 Å². The Morgan fingerprint density at radius 1 is 0.882 bits per heavy atom. The molecule has 3 unspecified atom stereocenters. The van der Waals surface area contributed by atoms with E-state index in [1.54, 1.807) is 13.8 Å². The Hall–Kier alpha value is -0.683. The summed E-state index contributed by atoms with van der Waals surface area (Å²) in [5, 5.41) is 0.217. The SMILES string of the molecule is CC(=O)O[C@@H]1C[C@H]2C[C@H](O[Si](C)(C)C(C)(C)C)CC[C@]2(C)C2CC[C@@]3(C)C(CC[C@@H]3C(C)=O)C21. The molecule has 0 saturated heterocycles. The van der Waals surface area contributed by atoms with E-state index < -0.39 is 8.32 Å². The van der Waals surface area contributed by atoms with Gasteiger partial charge in [-0.3, -0.25) is 9.59 Å². The molecule has 9 atom stereocenters. The Morgan fingerprint density at radius 2 is 1.50 bits per heavy atom. The molecule has 0 bridgehead atoms. The number of esters is 1. The van der Waals surface area contributed by atoms with Gasteiger partial charge in [0.2, 0.25) is 0 Å². The highest BCUT2D eigenvalue weighted by molar-refractivity contribution is 6.74. The van der Waals surface area contributed by atoms with E-state index in [1.807, 2.05) is 0 Å². The minimum absolute atomic E-state index is 0.0115. The first-order valence-corrected chi connectivity index (χ1v) is 16.9. The molecule has 0 aromatic rings. The molecule has 4 aliphatic carbocycles. The molecule has 4 saturated carbocycles. The lowest BCUT2D eigenvalue weighted by Crippen LogP contribution is -2.60. The lowest BCUT2D eigenvalue weighted by Gasteiger charge is -2.63. The number of rotatable bonds is 4. The molecule has 0 aromatic carbocycles. The van der Waals surface area contributed by atoms with E-state index in [1.165, 1.54) is 12.8 Å². The fourth-order valence-electron chi connectivity index (χ4n) is 8.86. The van der Waals surface area contributed by atoms with E-state index in [0.717, 1.165) is 38.5 Å². The van der Waals surface area contributed by atoms with Crippen LogP contribution < -0.4 is 0 Å². The zero-order valence-corrected chi connectivity index (χ0v) is 24.3. The van der Waals surface area contributed by atoms with E-state index >= 15 is 0 Å². The van der Waals surface area contributed by atoms with Crippen LogP contribution in [0.25, 0.3) is 0 Å². The lowest BCUT2D eigenvalue weighted by atomic mass is 9.44. The minimum atomic E-state index is -1.81.